The molecule has 0 aliphatic rings. The summed E-state index contributed by atoms with van der Waals surface area (Å²) < 4.78 is 26.9. The first-order chi connectivity index (χ1) is 11.9. The van der Waals surface area contributed by atoms with Gasteiger partial charge in [-0.2, -0.15) is 0 Å². The normalized spacial score (nSPS) is 17.5. The molecule has 8 heteroatoms. The molecule has 0 saturated heterocycles. The molecule has 0 rings (SSSR count). The van der Waals surface area contributed by atoms with Crippen molar-refractivity contribution in [3.8, 4) is 0 Å². The van der Waals surface area contributed by atoms with E-state index in [0.717, 1.165) is 19.3 Å². The third-order valence-corrected chi connectivity index (χ3v) is 7.18. The van der Waals surface area contributed by atoms with Gasteiger partial charge in [-0.15, -0.1) is 0 Å². The van der Waals surface area contributed by atoms with Crippen molar-refractivity contribution in [3.05, 3.63) is 35.5 Å². The van der Waals surface area contributed by atoms with Crippen molar-refractivity contribution >= 4 is 15.2 Å². The largest absolute Gasteiger partial charge is 0.340 e. The van der Waals surface area contributed by atoms with Gasteiger partial charge >= 0.3 is 15.2 Å². The summed E-state index contributed by atoms with van der Waals surface area (Å²) in [6.07, 6.45) is 12.9. The summed E-state index contributed by atoms with van der Waals surface area (Å²) in [5, 5.41) is 0. The minimum Gasteiger partial charge on any atom is -0.324 e. The summed E-state index contributed by atoms with van der Waals surface area (Å²) in [6, 6.07) is 0. The van der Waals surface area contributed by atoms with Gasteiger partial charge < -0.3 is 19.2 Å². The Morgan fingerprint density at radius 1 is 1.08 bits per heavy atom. The van der Waals surface area contributed by atoms with Crippen LogP contribution in [0.15, 0.2) is 35.5 Å². The zero-order valence-electron chi connectivity index (χ0n) is 16.3. The Bertz CT molecular complexity index is 588. The molecule has 0 aromatic carbocycles. The Labute approximate surface area is 157 Å². The highest BCUT2D eigenvalue weighted by Crippen LogP contribution is 2.55. The molecule has 0 amide bonds. The first-order valence-electron chi connectivity index (χ1n) is 8.90. The van der Waals surface area contributed by atoms with E-state index in [1.54, 1.807) is 0 Å². The average Bonchev–Trinajstić information content (AvgIpc) is 2.44. The number of hydrogen-bond acceptors (Lipinski definition) is 3. The molecule has 0 spiro atoms. The van der Waals surface area contributed by atoms with Crippen LogP contribution >= 0.6 is 15.2 Å². The van der Waals surface area contributed by atoms with Crippen LogP contribution in [0.2, 0.25) is 0 Å². The van der Waals surface area contributed by atoms with Gasteiger partial charge in [0.15, 0.2) is 5.90 Å². The second-order valence-corrected chi connectivity index (χ2v) is 10.8. The molecular formula is C18H34O6P2. The summed E-state index contributed by atoms with van der Waals surface area (Å²) in [5.74, 6) is -0.575. The van der Waals surface area contributed by atoms with Crippen LogP contribution in [0.25, 0.3) is 0 Å². The lowest BCUT2D eigenvalue weighted by molar-refractivity contribution is 0.257. The Morgan fingerprint density at radius 2 is 1.69 bits per heavy atom. The predicted octanol–water partition coefficient (Wildman–Crippen LogP) is 5.38. The van der Waals surface area contributed by atoms with E-state index in [1.165, 1.54) is 11.1 Å². The van der Waals surface area contributed by atoms with E-state index in [0.29, 0.717) is 18.8 Å². The van der Waals surface area contributed by atoms with Crippen molar-refractivity contribution in [2.45, 2.75) is 59.8 Å². The number of rotatable bonds is 13. The zero-order valence-corrected chi connectivity index (χ0v) is 18.1. The smallest absolute Gasteiger partial charge is 0.324 e. The van der Waals surface area contributed by atoms with E-state index in [9.17, 15) is 14.0 Å². The van der Waals surface area contributed by atoms with E-state index in [2.05, 4.69) is 45.1 Å². The van der Waals surface area contributed by atoms with Gasteiger partial charge in [0.05, 0.1) is 6.61 Å². The molecule has 0 bridgehead atoms. The van der Waals surface area contributed by atoms with E-state index in [-0.39, 0.29) is 6.61 Å². The standard InChI is InChI=1S/C18H34O6P2/c1-5-9-17(3)14-18(4)12-8-11-16(2)10-6-7-13-24-26(22,23)15-25(19,20)21/h5,9-10,12,17H,6-8,11,13-15H2,1-4H3,(H,22,23)(H2,19,20,21)/b9-5?,16-10+,18-12+. The molecule has 2 unspecified atom stereocenters. The first-order valence-corrected chi connectivity index (χ1v) is 12.5. The number of allylic oxidation sites excluding steroid dienone is 6. The summed E-state index contributed by atoms with van der Waals surface area (Å²) in [5.41, 5.74) is 2.64. The lowest BCUT2D eigenvalue weighted by Gasteiger charge is -2.12. The Kier molecular flexibility index (Phi) is 12.6. The maximum Gasteiger partial charge on any atom is 0.340 e. The fourth-order valence-corrected chi connectivity index (χ4v) is 5.15. The monoisotopic (exact) mass is 408 g/mol. The molecule has 2 atom stereocenters. The lowest BCUT2D eigenvalue weighted by atomic mass is 10.00. The van der Waals surface area contributed by atoms with Crippen molar-refractivity contribution in [3.63, 3.8) is 0 Å². The summed E-state index contributed by atoms with van der Waals surface area (Å²) in [7, 11) is -8.77. The van der Waals surface area contributed by atoms with Gasteiger partial charge in [0.25, 0.3) is 0 Å². The van der Waals surface area contributed by atoms with Crippen molar-refractivity contribution in [1.29, 1.82) is 0 Å². The van der Waals surface area contributed by atoms with Crippen molar-refractivity contribution in [2.24, 2.45) is 5.92 Å². The van der Waals surface area contributed by atoms with Gasteiger partial charge in [0.1, 0.15) is 0 Å². The van der Waals surface area contributed by atoms with Gasteiger partial charge in [-0.25, -0.2) is 0 Å². The third-order valence-electron chi connectivity index (χ3n) is 3.69. The Hall–Kier alpha value is -0.480. The summed E-state index contributed by atoms with van der Waals surface area (Å²) >= 11 is 0. The average molecular weight is 408 g/mol. The first kappa shape index (κ1) is 25.5. The minimum atomic E-state index is -4.55. The summed E-state index contributed by atoms with van der Waals surface area (Å²) in [4.78, 5) is 26.8. The molecule has 0 aliphatic carbocycles. The minimum absolute atomic E-state index is 0.000592. The van der Waals surface area contributed by atoms with Gasteiger partial charge in [-0.05, 0) is 58.8 Å². The Balaban J connectivity index is 4.05. The van der Waals surface area contributed by atoms with Crippen LogP contribution in [-0.2, 0) is 13.7 Å². The lowest BCUT2D eigenvalue weighted by Crippen LogP contribution is -1.97. The summed E-state index contributed by atoms with van der Waals surface area (Å²) in [6.45, 7) is 8.44. The van der Waals surface area contributed by atoms with Crippen LogP contribution in [0.1, 0.15) is 59.8 Å². The molecule has 0 aromatic heterocycles. The molecule has 0 radical (unpaired) electrons. The Morgan fingerprint density at radius 3 is 2.27 bits per heavy atom. The SMILES string of the molecule is CC=CC(C)C/C(C)=C/CC/C(C)=C/CCCOP(=O)(O)CP(=O)(O)O. The van der Waals surface area contributed by atoms with Crippen LogP contribution in [0, 0.1) is 5.92 Å². The maximum atomic E-state index is 11.5. The molecule has 26 heavy (non-hydrogen) atoms. The number of hydrogen-bond donors (Lipinski definition) is 3. The van der Waals surface area contributed by atoms with Gasteiger partial charge in [0.2, 0.25) is 0 Å². The maximum absolute atomic E-state index is 11.5. The van der Waals surface area contributed by atoms with E-state index < -0.39 is 21.1 Å². The molecule has 0 aliphatic heterocycles. The molecular weight excluding hydrogens is 374 g/mol. The third kappa shape index (κ3) is 15.7. The van der Waals surface area contributed by atoms with Crippen molar-refractivity contribution in [2.75, 3.05) is 12.5 Å². The van der Waals surface area contributed by atoms with Crippen LogP contribution in [0.4, 0.5) is 0 Å². The molecule has 152 valence electrons. The molecule has 0 heterocycles. The fraction of sp³-hybridized carbons (Fsp3) is 0.667. The predicted molar refractivity (Wildman–Crippen MR) is 107 cm³/mol. The fourth-order valence-electron chi connectivity index (χ4n) is 2.55. The van der Waals surface area contributed by atoms with Crippen molar-refractivity contribution in [1.82, 2.24) is 0 Å². The van der Waals surface area contributed by atoms with Crippen molar-refractivity contribution < 1.29 is 28.3 Å². The van der Waals surface area contributed by atoms with Crippen LogP contribution in [-0.4, -0.2) is 27.2 Å². The van der Waals surface area contributed by atoms with E-state index in [4.69, 9.17) is 14.3 Å². The highest BCUT2D eigenvalue weighted by Gasteiger charge is 2.30. The van der Waals surface area contributed by atoms with E-state index in [1.807, 2.05) is 6.92 Å². The second kappa shape index (κ2) is 12.8. The van der Waals surface area contributed by atoms with Crippen LogP contribution < -0.4 is 0 Å². The van der Waals surface area contributed by atoms with Gasteiger partial charge in [-0.1, -0.05) is 42.4 Å². The van der Waals surface area contributed by atoms with Crippen LogP contribution in [0.3, 0.4) is 0 Å². The second-order valence-electron chi connectivity index (χ2n) is 6.77. The molecule has 3 N–H and O–H groups in total. The number of unbranched alkanes of at least 4 members (excludes halogenated alkanes) is 1. The van der Waals surface area contributed by atoms with E-state index >= 15 is 0 Å². The highest BCUT2D eigenvalue weighted by atomic mass is 31.2. The molecule has 0 saturated carbocycles. The quantitative estimate of drug-likeness (QED) is 0.215. The molecule has 0 aromatic rings. The molecule has 6 nitrogen and oxygen atoms in total. The van der Waals surface area contributed by atoms with Crippen LogP contribution in [0.5, 0.6) is 0 Å². The highest BCUT2D eigenvalue weighted by molar-refractivity contribution is 7.70. The topological polar surface area (TPSA) is 104 Å². The molecule has 0 fully saturated rings. The zero-order chi connectivity index (χ0) is 20.2. The van der Waals surface area contributed by atoms with Gasteiger partial charge in [0, 0.05) is 0 Å². The van der Waals surface area contributed by atoms with Gasteiger partial charge in [-0.3, -0.25) is 9.13 Å².